The number of nitrogens with one attached hydrogen (secondary N) is 3. The van der Waals surface area contributed by atoms with E-state index in [4.69, 9.17) is 4.74 Å². The summed E-state index contributed by atoms with van der Waals surface area (Å²) in [4.78, 5) is 4.02. The predicted molar refractivity (Wildman–Crippen MR) is 154 cm³/mol. The van der Waals surface area contributed by atoms with Gasteiger partial charge in [-0.25, -0.2) is 0 Å². The Hall–Kier alpha value is -4.72. The highest BCUT2D eigenvalue weighted by atomic mass is 19.4. The quantitative estimate of drug-likeness (QED) is 0.201. The molecule has 4 rings (SSSR count). The van der Waals surface area contributed by atoms with Crippen molar-refractivity contribution in [1.29, 1.82) is 0 Å². The van der Waals surface area contributed by atoms with E-state index in [1.807, 2.05) is 43.3 Å². The summed E-state index contributed by atoms with van der Waals surface area (Å²) < 4.78 is 47.5. The summed E-state index contributed by atoms with van der Waals surface area (Å²) in [5, 5.41) is 11.2. The number of pyridine rings is 1. The van der Waals surface area contributed by atoms with Gasteiger partial charge < -0.3 is 20.7 Å². The zero-order valence-corrected chi connectivity index (χ0v) is 21.9. The summed E-state index contributed by atoms with van der Waals surface area (Å²) in [5.41, 5.74) is 1.66. The van der Waals surface area contributed by atoms with Crippen LogP contribution in [0, 0.1) is 0 Å². The van der Waals surface area contributed by atoms with Crippen molar-refractivity contribution in [3.8, 4) is 11.5 Å². The second-order valence-electron chi connectivity index (χ2n) is 8.78. The van der Waals surface area contributed by atoms with Gasteiger partial charge in [-0.3, -0.25) is 4.98 Å². The number of halogens is 3. The van der Waals surface area contributed by atoms with Crippen molar-refractivity contribution in [1.82, 2.24) is 4.98 Å². The molecule has 0 saturated carbocycles. The number of anilines is 3. The highest BCUT2D eigenvalue weighted by Gasteiger charge is 2.32. The van der Waals surface area contributed by atoms with Gasteiger partial charge in [0.25, 0.3) is 0 Å². The fraction of sp³-hybridized carbons (Fsp3) is 0.129. The average molecular weight is 531 g/mol. The lowest BCUT2D eigenvalue weighted by molar-refractivity contribution is -0.137. The number of allylic oxidation sites excluding steroid dienone is 3. The Bertz CT molecular complexity index is 1540. The summed E-state index contributed by atoms with van der Waals surface area (Å²) >= 11 is 0. The second kappa shape index (κ2) is 11.8. The van der Waals surface area contributed by atoms with Crippen LogP contribution in [0.2, 0.25) is 0 Å². The Labute approximate surface area is 225 Å². The van der Waals surface area contributed by atoms with Crippen LogP contribution in [0.1, 0.15) is 31.9 Å². The van der Waals surface area contributed by atoms with Crippen molar-refractivity contribution in [3.05, 3.63) is 114 Å². The molecular weight excluding hydrogens is 501 g/mol. The number of aromatic nitrogens is 1. The minimum absolute atomic E-state index is 0.286. The minimum Gasteiger partial charge on any atom is -0.457 e. The summed E-state index contributed by atoms with van der Waals surface area (Å²) in [6.45, 7) is 9.10. The smallest absolute Gasteiger partial charge is 0.416 e. The van der Waals surface area contributed by atoms with Gasteiger partial charge >= 0.3 is 6.18 Å². The van der Waals surface area contributed by atoms with Crippen LogP contribution < -0.4 is 20.7 Å². The largest absolute Gasteiger partial charge is 0.457 e. The molecule has 0 unspecified atom stereocenters. The van der Waals surface area contributed by atoms with Gasteiger partial charge in [0.1, 0.15) is 17.3 Å². The van der Waals surface area contributed by atoms with Gasteiger partial charge in [-0.2, -0.15) is 13.2 Å². The van der Waals surface area contributed by atoms with E-state index in [2.05, 4.69) is 27.5 Å². The highest BCUT2D eigenvalue weighted by molar-refractivity contribution is 5.98. The van der Waals surface area contributed by atoms with Crippen molar-refractivity contribution < 1.29 is 17.9 Å². The molecular formula is C31H29F3N4O. The van der Waals surface area contributed by atoms with Crippen LogP contribution in [-0.4, -0.2) is 4.98 Å². The van der Waals surface area contributed by atoms with E-state index in [1.54, 1.807) is 56.6 Å². The van der Waals surface area contributed by atoms with E-state index in [0.717, 1.165) is 28.6 Å². The molecule has 39 heavy (non-hydrogen) atoms. The number of nitrogens with zero attached hydrogens (tertiary/aromatic N) is 1. The molecule has 1 aromatic heterocycles. The summed E-state index contributed by atoms with van der Waals surface area (Å²) in [5.74, 6) is 1.84. The molecule has 4 aromatic rings. The maximum atomic E-state index is 13.8. The Morgan fingerprint density at radius 2 is 1.51 bits per heavy atom. The molecule has 0 fully saturated rings. The lowest BCUT2D eigenvalue weighted by Gasteiger charge is -2.21. The third kappa shape index (κ3) is 6.59. The average Bonchev–Trinajstić information content (AvgIpc) is 2.90. The predicted octanol–water partition coefficient (Wildman–Crippen LogP) is 9.41. The lowest BCUT2D eigenvalue weighted by Crippen LogP contribution is -2.14. The summed E-state index contributed by atoms with van der Waals surface area (Å²) in [6, 6.07) is 17.2. The standard InChI is InChI=1S/C31H29F3N4O/c1-5-9-25-27(36-20(3)4)18-21(31(32,33)34)19-28(25)38-30(6-2)37-26-12-13-29(24-11-8-7-10-23(24)26)39-22-14-16-35-17-15-22/h5-19,36-38H,3H2,1-2,4H3. The van der Waals surface area contributed by atoms with E-state index in [9.17, 15) is 13.2 Å². The van der Waals surface area contributed by atoms with Crippen molar-refractivity contribution in [2.75, 3.05) is 16.0 Å². The molecule has 0 aliphatic rings. The van der Waals surface area contributed by atoms with Crippen LogP contribution in [0.25, 0.3) is 16.8 Å². The van der Waals surface area contributed by atoms with Crippen LogP contribution in [0.5, 0.6) is 11.5 Å². The molecule has 0 spiro atoms. The van der Waals surface area contributed by atoms with Crippen molar-refractivity contribution in [3.63, 3.8) is 0 Å². The van der Waals surface area contributed by atoms with E-state index >= 15 is 0 Å². The molecule has 0 atom stereocenters. The van der Waals surface area contributed by atoms with Gasteiger partial charge in [-0.15, -0.1) is 0 Å². The molecule has 0 saturated heterocycles. The molecule has 1 heterocycles. The zero-order valence-electron chi connectivity index (χ0n) is 21.9. The number of alkyl halides is 3. The third-order valence-corrected chi connectivity index (χ3v) is 5.78. The fourth-order valence-electron chi connectivity index (χ4n) is 4.07. The molecule has 0 aliphatic carbocycles. The first-order valence-corrected chi connectivity index (χ1v) is 12.3. The molecule has 8 heteroatoms. The topological polar surface area (TPSA) is 58.2 Å². The van der Waals surface area contributed by atoms with Crippen molar-refractivity contribution >= 4 is 33.9 Å². The fourth-order valence-corrected chi connectivity index (χ4v) is 4.07. The first kappa shape index (κ1) is 27.3. The molecule has 0 radical (unpaired) electrons. The number of ether oxygens (including phenoxy) is 1. The molecule has 5 nitrogen and oxygen atoms in total. The van der Waals surface area contributed by atoms with Gasteiger partial charge in [0.05, 0.1) is 5.56 Å². The first-order chi connectivity index (χ1) is 18.7. The second-order valence-corrected chi connectivity index (χ2v) is 8.78. The van der Waals surface area contributed by atoms with Gasteiger partial charge in [0.2, 0.25) is 0 Å². The van der Waals surface area contributed by atoms with Crippen molar-refractivity contribution in [2.45, 2.75) is 26.9 Å². The van der Waals surface area contributed by atoms with Crippen LogP contribution in [0.15, 0.2) is 103 Å². The highest BCUT2D eigenvalue weighted by Crippen LogP contribution is 2.39. The summed E-state index contributed by atoms with van der Waals surface area (Å²) in [6.07, 6.45) is 4.08. The Morgan fingerprint density at radius 3 is 2.13 bits per heavy atom. The molecule has 3 N–H and O–H groups in total. The van der Waals surface area contributed by atoms with Crippen LogP contribution in [0.4, 0.5) is 30.2 Å². The number of hydrogen-bond acceptors (Lipinski definition) is 5. The third-order valence-electron chi connectivity index (χ3n) is 5.78. The van der Waals surface area contributed by atoms with Crippen molar-refractivity contribution in [2.24, 2.45) is 0 Å². The minimum atomic E-state index is -4.53. The van der Waals surface area contributed by atoms with Gasteiger partial charge in [0.15, 0.2) is 0 Å². The number of rotatable bonds is 9. The Balaban J connectivity index is 1.71. The normalized spacial score (nSPS) is 12.0. The molecule has 3 aromatic carbocycles. The van der Waals surface area contributed by atoms with Gasteiger partial charge in [-0.05, 0) is 63.2 Å². The summed E-state index contributed by atoms with van der Waals surface area (Å²) in [7, 11) is 0. The van der Waals surface area contributed by atoms with E-state index < -0.39 is 11.7 Å². The van der Waals surface area contributed by atoms with Crippen LogP contribution >= 0.6 is 0 Å². The van der Waals surface area contributed by atoms with E-state index in [-0.39, 0.29) is 5.69 Å². The zero-order chi connectivity index (χ0) is 28.0. The number of benzene rings is 3. The van der Waals surface area contributed by atoms with Gasteiger partial charge in [0, 0.05) is 51.5 Å². The van der Waals surface area contributed by atoms with Gasteiger partial charge in [-0.1, -0.05) is 43.0 Å². The van der Waals surface area contributed by atoms with E-state index in [1.165, 1.54) is 0 Å². The van der Waals surface area contributed by atoms with E-state index in [0.29, 0.717) is 34.3 Å². The maximum Gasteiger partial charge on any atom is 0.416 e. The molecule has 0 aliphatic heterocycles. The van der Waals surface area contributed by atoms with Crippen LogP contribution in [0.3, 0.4) is 0 Å². The molecule has 200 valence electrons. The molecule has 0 amide bonds. The Morgan fingerprint density at radius 1 is 0.872 bits per heavy atom. The Kier molecular flexibility index (Phi) is 8.24. The number of fused-ring (bicyclic) bond motifs is 1. The number of hydrogen-bond donors (Lipinski definition) is 3. The molecule has 0 bridgehead atoms. The first-order valence-electron chi connectivity index (χ1n) is 12.3. The SMILES string of the molecule is C=C(C)Nc1cc(C(F)(F)F)cc(NC(=CC)Nc2ccc(Oc3ccncc3)c3ccccc23)c1C=CC. The monoisotopic (exact) mass is 530 g/mol. The van der Waals surface area contributed by atoms with Crippen LogP contribution in [-0.2, 0) is 6.18 Å². The lowest BCUT2D eigenvalue weighted by atomic mass is 10.0. The maximum absolute atomic E-state index is 13.8.